The summed E-state index contributed by atoms with van der Waals surface area (Å²) in [4.78, 5) is 16.6. The molecular weight excluding hydrogens is 426 g/mol. The van der Waals surface area contributed by atoms with Gasteiger partial charge in [0.1, 0.15) is 0 Å². The van der Waals surface area contributed by atoms with Crippen LogP contribution < -0.4 is 5.32 Å². The summed E-state index contributed by atoms with van der Waals surface area (Å²) in [5.74, 6) is 1.73. The van der Waals surface area contributed by atoms with Crippen molar-refractivity contribution in [3.8, 4) is 11.5 Å². The van der Waals surface area contributed by atoms with E-state index >= 15 is 0 Å². The van der Waals surface area contributed by atoms with Gasteiger partial charge >= 0.3 is 0 Å². The van der Waals surface area contributed by atoms with E-state index in [-0.39, 0.29) is 12.3 Å². The van der Waals surface area contributed by atoms with E-state index in [9.17, 15) is 4.79 Å². The molecule has 1 amide bonds. The molecular formula is C23H23N5O3S. The normalized spacial score (nSPS) is 11.0. The summed E-state index contributed by atoms with van der Waals surface area (Å²) in [7, 11) is 0. The Morgan fingerprint density at radius 2 is 1.91 bits per heavy atom. The van der Waals surface area contributed by atoms with Crippen LogP contribution in [0.2, 0.25) is 0 Å². The third-order valence-corrected chi connectivity index (χ3v) is 5.55. The van der Waals surface area contributed by atoms with Crippen molar-refractivity contribution >= 4 is 23.4 Å². The molecule has 32 heavy (non-hydrogen) atoms. The van der Waals surface area contributed by atoms with Crippen molar-refractivity contribution in [1.29, 1.82) is 0 Å². The summed E-state index contributed by atoms with van der Waals surface area (Å²) in [6.45, 7) is 5.96. The first-order valence-corrected chi connectivity index (χ1v) is 11.2. The van der Waals surface area contributed by atoms with E-state index in [0.29, 0.717) is 35.0 Å². The van der Waals surface area contributed by atoms with E-state index in [1.807, 2.05) is 63.2 Å². The smallest absolute Gasteiger partial charge is 0.277 e. The Hall–Kier alpha value is -3.46. The lowest BCUT2D eigenvalue weighted by molar-refractivity contribution is -0.116. The van der Waals surface area contributed by atoms with E-state index < -0.39 is 0 Å². The van der Waals surface area contributed by atoms with Crippen molar-refractivity contribution in [2.45, 2.75) is 44.6 Å². The number of anilines is 1. The number of hydrogen-bond donors (Lipinski definition) is 1. The van der Waals surface area contributed by atoms with Gasteiger partial charge in [0.05, 0.1) is 5.75 Å². The third-order valence-electron chi connectivity index (χ3n) is 4.74. The summed E-state index contributed by atoms with van der Waals surface area (Å²) in [6.07, 6.45) is 0.623. The van der Waals surface area contributed by atoms with Crippen LogP contribution in [0.4, 0.5) is 5.69 Å². The molecule has 4 aromatic rings. The van der Waals surface area contributed by atoms with E-state index in [1.165, 1.54) is 11.8 Å². The third kappa shape index (κ3) is 5.61. The monoisotopic (exact) mass is 449 g/mol. The lowest BCUT2D eigenvalue weighted by Gasteiger charge is -2.08. The first-order valence-electron chi connectivity index (χ1n) is 10.2. The lowest BCUT2D eigenvalue weighted by atomic mass is 10.1. The first-order chi connectivity index (χ1) is 15.5. The second-order valence-electron chi connectivity index (χ2n) is 7.50. The molecule has 1 N–H and O–H groups in total. The number of aryl methyl sites for hydroxylation is 4. The number of carbonyl (C=O) groups is 1. The molecule has 0 atom stereocenters. The highest BCUT2D eigenvalue weighted by Gasteiger charge is 2.13. The van der Waals surface area contributed by atoms with Gasteiger partial charge in [0.15, 0.2) is 5.82 Å². The Balaban J connectivity index is 1.27. The molecule has 8 nitrogen and oxygen atoms in total. The maximum absolute atomic E-state index is 12.3. The Morgan fingerprint density at radius 1 is 1.06 bits per heavy atom. The van der Waals surface area contributed by atoms with E-state index in [4.69, 9.17) is 8.94 Å². The molecule has 0 aliphatic carbocycles. The van der Waals surface area contributed by atoms with Gasteiger partial charge in [-0.1, -0.05) is 46.7 Å². The quantitative estimate of drug-likeness (QED) is 0.378. The summed E-state index contributed by atoms with van der Waals surface area (Å²) in [5.41, 5.74) is 4.94. The zero-order valence-electron chi connectivity index (χ0n) is 18.1. The van der Waals surface area contributed by atoms with Crippen LogP contribution in [-0.2, 0) is 17.0 Å². The average molecular weight is 450 g/mol. The highest BCUT2D eigenvalue weighted by atomic mass is 32.2. The van der Waals surface area contributed by atoms with Gasteiger partial charge in [-0.25, -0.2) is 0 Å². The molecule has 0 aliphatic heterocycles. The molecule has 164 valence electrons. The van der Waals surface area contributed by atoms with Crippen molar-refractivity contribution in [3.63, 3.8) is 0 Å². The zero-order chi connectivity index (χ0) is 22.5. The Morgan fingerprint density at radius 3 is 2.75 bits per heavy atom. The van der Waals surface area contributed by atoms with E-state index in [0.717, 1.165) is 27.9 Å². The Labute approximate surface area is 189 Å². The van der Waals surface area contributed by atoms with Crippen LogP contribution in [0.5, 0.6) is 0 Å². The van der Waals surface area contributed by atoms with Crippen molar-refractivity contribution in [1.82, 2.24) is 20.3 Å². The summed E-state index contributed by atoms with van der Waals surface area (Å²) < 4.78 is 11.0. The second kappa shape index (κ2) is 9.78. The molecule has 9 heteroatoms. The van der Waals surface area contributed by atoms with E-state index in [1.54, 1.807) is 0 Å². The number of carbonyl (C=O) groups excluding carboxylic acids is 1. The fourth-order valence-electron chi connectivity index (χ4n) is 3.04. The zero-order valence-corrected chi connectivity index (χ0v) is 18.9. The largest absolute Gasteiger partial charge is 0.411 e. The number of rotatable bonds is 8. The van der Waals surface area contributed by atoms with Gasteiger partial charge in [0.2, 0.25) is 17.7 Å². The van der Waals surface area contributed by atoms with Gasteiger partial charge < -0.3 is 14.3 Å². The highest BCUT2D eigenvalue weighted by molar-refractivity contribution is 7.98. The van der Waals surface area contributed by atoms with Crippen molar-refractivity contribution < 1.29 is 13.7 Å². The predicted octanol–water partition coefficient (Wildman–Crippen LogP) is 4.91. The molecule has 0 unspecified atom stereocenters. The van der Waals surface area contributed by atoms with Crippen LogP contribution in [0, 0.1) is 20.8 Å². The van der Waals surface area contributed by atoms with E-state index in [2.05, 4.69) is 25.7 Å². The maximum atomic E-state index is 12.3. The molecule has 4 rings (SSSR count). The Bertz CT molecular complexity index is 1230. The molecule has 0 saturated carbocycles. The Kier molecular flexibility index (Phi) is 6.65. The minimum absolute atomic E-state index is 0.0950. The molecule has 0 saturated heterocycles. The van der Waals surface area contributed by atoms with Crippen LogP contribution in [0.3, 0.4) is 0 Å². The molecule has 0 bridgehead atoms. The summed E-state index contributed by atoms with van der Waals surface area (Å²) >= 11 is 1.33. The van der Waals surface area contributed by atoms with Gasteiger partial charge in [-0.3, -0.25) is 4.79 Å². The molecule has 2 aromatic carbocycles. The fourth-order valence-corrected chi connectivity index (χ4v) is 3.65. The number of nitrogens with zero attached hydrogens (tertiary/aromatic N) is 4. The molecule has 0 spiro atoms. The topological polar surface area (TPSA) is 107 Å². The molecule has 2 heterocycles. The standard InChI is InChI=1S/C23H23N5O3S/c1-14-5-4-6-17(11-14)22-26-27-23(30-22)32-13-19-25-21(31-28-19)10-9-20(29)24-18-12-15(2)7-8-16(18)3/h4-8,11-12H,9-10,13H2,1-3H3,(H,24,29). The van der Waals surface area contributed by atoms with Gasteiger partial charge in [0.25, 0.3) is 5.22 Å². The number of benzene rings is 2. The van der Waals surface area contributed by atoms with Gasteiger partial charge in [-0.05, 0) is 50.1 Å². The van der Waals surface area contributed by atoms with Crippen LogP contribution in [-0.4, -0.2) is 26.2 Å². The van der Waals surface area contributed by atoms with Gasteiger partial charge in [-0.2, -0.15) is 4.98 Å². The second-order valence-corrected chi connectivity index (χ2v) is 8.43. The average Bonchev–Trinajstić information content (AvgIpc) is 3.43. The first kappa shape index (κ1) is 21.8. The highest BCUT2D eigenvalue weighted by Crippen LogP contribution is 2.25. The SMILES string of the molecule is Cc1cccc(-c2nnc(SCc3noc(CCC(=O)Nc4cc(C)ccc4C)n3)o2)c1. The van der Waals surface area contributed by atoms with Crippen molar-refractivity contribution in [2.75, 3.05) is 5.32 Å². The molecule has 0 aliphatic rings. The lowest BCUT2D eigenvalue weighted by Crippen LogP contribution is -2.13. The molecule has 0 fully saturated rings. The molecule has 2 aromatic heterocycles. The summed E-state index contributed by atoms with van der Waals surface area (Å²) in [5, 5.41) is 15.5. The molecule has 0 radical (unpaired) electrons. The van der Waals surface area contributed by atoms with Crippen LogP contribution in [0.1, 0.15) is 34.8 Å². The number of aromatic nitrogens is 4. The number of thioether (sulfide) groups is 1. The number of nitrogens with one attached hydrogen (secondary N) is 1. The van der Waals surface area contributed by atoms with Gasteiger partial charge in [0, 0.05) is 24.1 Å². The summed E-state index contributed by atoms with van der Waals surface area (Å²) in [6, 6.07) is 13.8. The van der Waals surface area contributed by atoms with Crippen LogP contribution in [0.15, 0.2) is 56.6 Å². The maximum Gasteiger partial charge on any atom is 0.277 e. The van der Waals surface area contributed by atoms with Gasteiger partial charge in [-0.15, -0.1) is 10.2 Å². The minimum Gasteiger partial charge on any atom is -0.411 e. The van der Waals surface area contributed by atoms with Crippen LogP contribution >= 0.6 is 11.8 Å². The minimum atomic E-state index is -0.0950. The number of hydrogen-bond acceptors (Lipinski definition) is 8. The predicted molar refractivity (Wildman–Crippen MR) is 121 cm³/mol. The number of amides is 1. The van der Waals surface area contributed by atoms with Crippen molar-refractivity contribution in [2.24, 2.45) is 0 Å². The van der Waals surface area contributed by atoms with Crippen LogP contribution in [0.25, 0.3) is 11.5 Å². The van der Waals surface area contributed by atoms with Crippen molar-refractivity contribution in [3.05, 3.63) is 70.9 Å². The fraction of sp³-hybridized carbons (Fsp3) is 0.261.